The van der Waals surface area contributed by atoms with Crippen molar-refractivity contribution in [2.75, 3.05) is 4.90 Å². The van der Waals surface area contributed by atoms with Gasteiger partial charge in [0, 0.05) is 42.5 Å². The highest BCUT2D eigenvalue weighted by molar-refractivity contribution is 7.25. The average molecular weight is 808 g/mol. The summed E-state index contributed by atoms with van der Waals surface area (Å²) in [5.41, 5.74) is 17.0. The summed E-state index contributed by atoms with van der Waals surface area (Å²) < 4.78 is 2.64. The predicted octanol–water partition coefficient (Wildman–Crippen LogP) is 17.0. The Morgan fingerprint density at radius 3 is 1.69 bits per heavy atom. The molecule has 1 aliphatic carbocycles. The van der Waals surface area contributed by atoms with Gasteiger partial charge in [0.1, 0.15) is 0 Å². The second-order valence-corrected chi connectivity index (χ2v) is 17.7. The maximum Gasteiger partial charge on any atom is 0.0540 e. The summed E-state index contributed by atoms with van der Waals surface area (Å²) in [6.45, 7) is 2.39. The molecule has 0 amide bonds. The zero-order chi connectivity index (χ0) is 41.2. The fourth-order valence-corrected chi connectivity index (χ4v) is 11.2. The Hall–Kier alpha value is -7.52. The van der Waals surface area contributed by atoms with E-state index in [1.54, 1.807) is 0 Å². The molecule has 0 N–H and O–H groups in total. The third-order valence-electron chi connectivity index (χ3n) is 13.2. The fourth-order valence-electron chi connectivity index (χ4n) is 10.0. The zero-order valence-corrected chi connectivity index (χ0v) is 35.1. The third kappa shape index (κ3) is 5.83. The molecule has 0 radical (unpaired) electrons. The van der Waals surface area contributed by atoms with Crippen LogP contribution in [0.4, 0.5) is 17.1 Å². The van der Waals surface area contributed by atoms with E-state index in [2.05, 4.69) is 242 Å². The van der Waals surface area contributed by atoms with Crippen LogP contribution in [0.3, 0.4) is 0 Å². The van der Waals surface area contributed by atoms with E-state index in [4.69, 9.17) is 0 Å². The van der Waals surface area contributed by atoms with Crippen LogP contribution >= 0.6 is 11.3 Å². The molecule has 12 rings (SSSR count). The second-order valence-electron chi connectivity index (χ2n) is 16.6. The SMILES string of the molecule is CC1(c2ccccc2)c2ccccc2-c2ccc(-c3ccc(N(c4ccc(-c5ccc6c(c5)sc5ccccc56)cc4)c4ccccc4-c4cccc5ccccc45)cc3)cc21. The molecule has 1 heterocycles. The Morgan fingerprint density at radius 1 is 0.355 bits per heavy atom. The van der Waals surface area contributed by atoms with Crippen LogP contribution in [0.15, 0.2) is 231 Å². The first-order valence-electron chi connectivity index (χ1n) is 21.4. The van der Waals surface area contributed by atoms with E-state index in [0.717, 1.165) is 17.1 Å². The standard InChI is InChI=1S/C60H41NS/c1-60(45-16-3-2-4-17-45)55-23-10-7-19-50(55)51-36-30-43(38-56(51)60)40-26-32-46(33-27-40)61(57-24-11-8-20-52(57)49-22-13-15-42-14-5-6-18-48(42)49)47-34-28-41(29-35-47)44-31-37-54-53-21-9-12-25-58(53)62-59(54)39-44/h2-39H,1H3. The molecule has 1 unspecified atom stereocenters. The van der Waals surface area contributed by atoms with Crippen molar-refractivity contribution in [3.63, 3.8) is 0 Å². The molecular weight excluding hydrogens is 767 g/mol. The van der Waals surface area contributed by atoms with Crippen LogP contribution in [0.1, 0.15) is 23.6 Å². The van der Waals surface area contributed by atoms with Crippen molar-refractivity contribution < 1.29 is 0 Å². The van der Waals surface area contributed by atoms with Crippen molar-refractivity contribution >= 4 is 59.3 Å². The summed E-state index contributed by atoms with van der Waals surface area (Å²) in [7, 11) is 0. The summed E-state index contributed by atoms with van der Waals surface area (Å²) in [4.78, 5) is 2.42. The summed E-state index contributed by atoms with van der Waals surface area (Å²) in [6, 6.07) is 85.0. The van der Waals surface area contributed by atoms with E-state index in [0.29, 0.717) is 0 Å². The molecule has 62 heavy (non-hydrogen) atoms. The first-order valence-corrected chi connectivity index (χ1v) is 22.2. The molecule has 0 fully saturated rings. The van der Waals surface area contributed by atoms with Gasteiger partial charge >= 0.3 is 0 Å². The molecule has 2 heteroatoms. The minimum Gasteiger partial charge on any atom is -0.310 e. The lowest BCUT2D eigenvalue weighted by atomic mass is 9.74. The smallest absolute Gasteiger partial charge is 0.0540 e. The highest BCUT2D eigenvalue weighted by Crippen LogP contribution is 2.53. The molecule has 10 aromatic carbocycles. The molecule has 0 saturated carbocycles. The van der Waals surface area contributed by atoms with Crippen LogP contribution in [0, 0.1) is 0 Å². The van der Waals surface area contributed by atoms with Crippen molar-refractivity contribution in [1.82, 2.24) is 0 Å². The number of para-hydroxylation sites is 1. The first-order chi connectivity index (χ1) is 30.6. The van der Waals surface area contributed by atoms with Crippen LogP contribution in [-0.2, 0) is 5.41 Å². The van der Waals surface area contributed by atoms with Gasteiger partial charge in [-0.25, -0.2) is 0 Å². The lowest BCUT2D eigenvalue weighted by molar-refractivity contribution is 0.714. The number of hydrogen-bond donors (Lipinski definition) is 0. The number of thiophene rings is 1. The quantitative estimate of drug-likeness (QED) is 0.155. The molecule has 0 saturated heterocycles. The van der Waals surface area contributed by atoms with Crippen LogP contribution in [0.2, 0.25) is 0 Å². The normalized spacial score (nSPS) is 14.3. The lowest BCUT2D eigenvalue weighted by Gasteiger charge is -2.29. The van der Waals surface area contributed by atoms with E-state index < -0.39 is 0 Å². The van der Waals surface area contributed by atoms with Gasteiger partial charge in [0.2, 0.25) is 0 Å². The topological polar surface area (TPSA) is 3.24 Å². The summed E-state index contributed by atoms with van der Waals surface area (Å²) in [5, 5.41) is 5.12. The number of hydrogen-bond acceptors (Lipinski definition) is 2. The summed E-state index contributed by atoms with van der Waals surface area (Å²) in [5.74, 6) is 0. The Labute approximate surface area is 366 Å². The molecule has 292 valence electrons. The molecule has 0 bridgehead atoms. The fraction of sp³-hybridized carbons (Fsp3) is 0.0333. The number of fused-ring (bicyclic) bond motifs is 7. The minimum absolute atomic E-state index is 0.249. The molecule has 0 aliphatic heterocycles. The van der Waals surface area contributed by atoms with Gasteiger partial charge in [-0.15, -0.1) is 11.3 Å². The molecule has 1 nitrogen and oxygen atoms in total. The van der Waals surface area contributed by atoms with Crippen molar-refractivity contribution in [2.45, 2.75) is 12.3 Å². The van der Waals surface area contributed by atoms with Gasteiger partial charge in [-0.3, -0.25) is 0 Å². The third-order valence-corrected chi connectivity index (χ3v) is 14.3. The summed E-state index contributed by atoms with van der Waals surface area (Å²) >= 11 is 1.87. The molecule has 0 spiro atoms. The maximum absolute atomic E-state index is 2.43. The number of anilines is 3. The monoisotopic (exact) mass is 807 g/mol. The molecule has 1 aromatic heterocycles. The maximum atomic E-state index is 2.43. The van der Waals surface area contributed by atoms with Crippen LogP contribution < -0.4 is 4.90 Å². The van der Waals surface area contributed by atoms with E-state index in [9.17, 15) is 0 Å². The highest BCUT2D eigenvalue weighted by atomic mass is 32.1. The van der Waals surface area contributed by atoms with E-state index in [1.165, 1.54) is 92.1 Å². The highest BCUT2D eigenvalue weighted by Gasteiger charge is 2.40. The van der Waals surface area contributed by atoms with Gasteiger partial charge in [0.15, 0.2) is 0 Å². The Balaban J connectivity index is 0.965. The number of nitrogens with zero attached hydrogens (tertiary/aromatic N) is 1. The average Bonchev–Trinajstić information content (AvgIpc) is 3.84. The summed E-state index contributed by atoms with van der Waals surface area (Å²) in [6.07, 6.45) is 0. The van der Waals surface area contributed by atoms with E-state index >= 15 is 0 Å². The second kappa shape index (κ2) is 14.6. The number of benzene rings is 10. The van der Waals surface area contributed by atoms with Gasteiger partial charge in [0.05, 0.1) is 5.69 Å². The zero-order valence-electron chi connectivity index (χ0n) is 34.3. The van der Waals surface area contributed by atoms with Crippen molar-refractivity contribution in [3.05, 3.63) is 247 Å². The van der Waals surface area contributed by atoms with Crippen molar-refractivity contribution in [1.29, 1.82) is 0 Å². The van der Waals surface area contributed by atoms with Gasteiger partial charge in [-0.05, 0) is 122 Å². The van der Waals surface area contributed by atoms with Crippen LogP contribution in [-0.4, -0.2) is 0 Å². The Bertz CT molecular complexity index is 3470. The van der Waals surface area contributed by atoms with Crippen molar-refractivity contribution in [2.24, 2.45) is 0 Å². The number of rotatable bonds is 7. The van der Waals surface area contributed by atoms with Gasteiger partial charge in [-0.1, -0.05) is 182 Å². The molecular formula is C60H41NS. The molecule has 11 aromatic rings. The predicted molar refractivity (Wildman–Crippen MR) is 265 cm³/mol. The van der Waals surface area contributed by atoms with E-state index in [1.807, 2.05) is 11.3 Å². The minimum atomic E-state index is -0.249. The van der Waals surface area contributed by atoms with Crippen LogP contribution in [0.25, 0.3) is 75.5 Å². The lowest BCUT2D eigenvalue weighted by Crippen LogP contribution is -2.22. The molecule has 1 aliphatic rings. The van der Waals surface area contributed by atoms with Gasteiger partial charge in [-0.2, -0.15) is 0 Å². The molecule has 1 atom stereocenters. The van der Waals surface area contributed by atoms with Crippen molar-refractivity contribution in [3.8, 4) is 44.5 Å². The van der Waals surface area contributed by atoms with E-state index in [-0.39, 0.29) is 5.41 Å². The Kier molecular flexibility index (Phi) is 8.55. The van der Waals surface area contributed by atoms with Crippen LogP contribution in [0.5, 0.6) is 0 Å². The van der Waals surface area contributed by atoms with Gasteiger partial charge < -0.3 is 4.90 Å². The largest absolute Gasteiger partial charge is 0.310 e. The Morgan fingerprint density at radius 2 is 0.903 bits per heavy atom. The first kappa shape index (κ1) is 36.3. The van der Waals surface area contributed by atoms with Gasteiger partial charge in [0.25, 0.3) is 0 Å².